The molecule has 3 rings (SSSR count). The van der Waals surface area contributed by atoms with E-state index >= 15 is 0 Å². The quantitative estimate of drug-likeness (QED) is 0.841. The number of aryl methyl sites for hydroxylation is 1. The van der Waals surface area contributed by atoms with Gasteiger partial charge in [0.05, 0.1) is 18.2 Å². The normalized spacial score (nSPS) is 23.1. The summed E-state index contributed by atoms with van der Waals surface area (Å²) in [5, 5.41) is 2.94. The summed E-state index contributed by atoms with van der Waals surface area (Å²) in [4.78, 5) is 33.2. The Balaban J connectivity index is 1.53. The summed E-state index contributed by atoms with van der Waals surface area (Å²) in [5.41, 5.74) is 0.414. The Bertz CT molecular complexity index is 625. The zero-order valence-corrected chi connectivity index (χ0v) is 14.2. The molecule has 1 amide bonds. The van der Waals surface area contributed by atoms with Crippen molar-refractivity contribution >= 4 is 5.91 Å². The zero-order valence-electron chi connectivity index (χ0n) is 14.2. The lowest BCUT2D eigenvalue weighted by molar-refractivity contribution is -0.127. The van der Waals surface area contributed by atoms with Crippen molar-refractivity contribution < 1.29 is 9.53 Å². The number of ether oxygens (including phenoxy) is 1. The maximum atomic E-state index is 12.5. The van der Waals surface area contributed by atoms with E-state index in [1.807, 2.05) is 0 Å². The molecule has 132 valence electrons. The van der Waals surface area contributed by atoms with E-state index in [1.165, 1.54) is 6.07 Å². The van der Waals surface area contributed by atoms with Gasteiger partial charge in [0, 0.05) is 31.9 Å². The number of aromatic nitrogens is 2. The Kier molecular flexibility index (Phi) is 5.63. The number of H-pyrrole nitrogens is 1. The molecule has 2 aliphatic rings. The first-order valence-corrected chi connectivity index (χ1v) is 8.78. The standard InChI is InChI=1S/C17H26N4O3/c1-12-19-14(9-16(22)20-12)10-18-17(23)13-3-2-6-21(11-13)15-4-7-24-8-5-15/h9,13,15H,2-8,10-11H2,1H3,(H,18,23)(H,19,20,22)/t13-/m1/s1. The average molecular weight is 334 g/mol. The van der Waals surface area contributed by atoms with Gasteiger partial charge in [-0.1, -0.05) is 0 Å². The highest BCUT2D eigenvalue weighted by atomic mass is 16.5. The average Bonchev–Trinajstić information content (AvgIpc) is 2.60. The number of amides is 1. The highest BCUT2D eigenvalue weighted by Crippen LogP contribution is 2.23. The van der Waals surface area contributed by atoms with Crippen molar-refractivity contribution in [3.63, 3.8) is 0 Å². The summed E-state index contributed by atoms with van der Waals surface area (Å²) in [6.45, 7) is 5.58. The molecule has 7 heteroatoms. The second-order valence-electron chi connectivity index (χ2n) is 6.72. The number of likely N-dealkylation sites (tertiary alicyclic amines) is 1. The molecular weight excluding hydrogens is 308 g/mol. The molecule has 0 radical (unpaired) electrons. The minimum atomic E-state index is -0.185. The van der Waals surface area contributed by atoms with Gasteiger partial charge in [-0.15, -0.1) is 0 Å². The lowest BCUT2D eigenvalue weighted by atomic mass is 9.94. The Morgan fingerprint density at radius 3 is 2.96 bits per heavy atom. The largest absolute Gasteiger partial charge is 0.381 e. The van der Waals surface area contributed by atoms with E-state index in [-0.39, 0.29) is 17.4 Å². The first-order chi connectivity index (χ1) is 11.6. The fourth-order valence-corrected chi connectivity index (χ4v) is 3.66. The first kappa shape index (κ1) is 17.1. The van der Waals surface area contributed by atoms with Crippen LogP contribution in [-0.2, 0) is 16.1 Å². The molecule has 7 nitrogen and oxygen atoms in total. The number of hydrogen-bond acceptors (Lipinski definition) is 5. The molecule has 1 aromatic heterocycles. The fraction of sp³-hybridized carbons (Fsp3) is 0.706. The van der Waals surface area contributed by atoms with E-state index in [9.17, 15) is 9.59 Å². The second-order valence-corrected chi connectivity index (χ2v) is 6.72. The van der Waals surface area contributed by atoms with Gasteiger partial charge in [0.2, 0.25) is 5.91 Å². The van der Waals surface area contributed by atoms with E-state index in [0.29, 0.717) is 24.1 Å². The van der Waals surface area contributed by atoms with E-state index in [2.05, 4.69) is 20.2 Å². The van der Waals surface area contributed by atoms with Crippen molar-refractivity contribution in [3.05, 3.63) is 27.9 Å². The molecule has 1 aromatic rings. The molecule has 0 saturated carbocycles. The number of piperidine rings is 1. The summed E-state index contributed by atoms with van der Waals surface area (Å²) in [6, 6.07) is 1.98. The van der Waals surface area contributed by atoms with Gasteiger partial charge in [-0.3, -0.25) is 14.5 Å². The van der Waals surface area contributed by atoms with Crippen LogP contribution in [0.5, 0.6) is 0 Å². The Morgan fingerprint density at radius 2 is 2.21 bits per heavy atom. The number of nitrogens with zero attached hydrogens (tertiary/aromatic N) is 2. The van der Waals surface area contributed by atoms with Crippen LogP contribution in [0.15, 0.2) is 10.9 Å². The van der Waals surface area contributed by atoms with Crippen LogP contribution in [0.1, 0.15) is 37.2 Å². The first-order valence-electron chi connectivity index (χ1n) is 8.78. The maximum absolute atomic E-state index is 12.5. The Morgan fingerprint density at radius 1 is 1.42 bits per heavy atom. The van der Waals surface area contributed by atoms with Crippen molar-refractivity contribution in [2.45, 2.75) is 45.2 Å². The Labute approximate surface area is 141 Å². The lowest BCUT2D eigenvalue weighted by Gasteiger charge is -2.39. The van der Waals surface area contributed by atoms with Crippen LogP contribution in [0.3, 0.4) is 0 Å². The second kappa shape index (κ2) is 7.90. The summed E-state index contributed by atoms with van der Waals surface area (Å²) in [6.07, 6.45) is 4.10. The van der Waals surface area contributed by atoms with Crippen LogP contribution < -0.4 is 10.9 Å². The molecule has 0 aliphatic carbocycles. The topological polar surface area (TPSA) is 87.3 Å². The third-order valence-electron chi connectivity index (χ3n) is 4.89. The Hall–Kier alpha value is -1.73. The van der Waals surface area contributed by atoms with Crippen LogP contribution in [0.2, 0.25) is 0 Å². The van der Waals surface area contributed by atoms with Crippen molar-refractivity contribution in [1.29, 1.82) is 0 Å². The van der Waals surface area contributed by atoms with Gasteiger partial charge in [0.1, 0.15) is 5.82 Å². The summed E-state index contributed by atoms with van der Waals surface area (Å²) < 4.78 is 5.43. The molecule has 0 unspecified atom stereocenters. The van der Waals surface area contributed by atoms with Crippen LogP contribution >= 0.6 is 0 Å². The molecular formula is C17H26N4O3. The lowest BCUT2D eigenvalue weighted by Crippen LogP contribution is -2.48. The van der Waals surface area contributed by atoms with E-state index in [1.54, 1.807) is 6.92 Å². The van der Waals surface area contributed by atoms with Gasteiger partial charge >= 0.3 is 0 Å². The van der Waals surface area contributed by atoms with Crippen molar-refractivity contribution in [3.8, 4) is 0 Å². The van der Waals surface area contributed by atoms with E-state index in [0.717, 1.165) is 52.0 Å². The highest BCUT2D eigenvalue weighted by Gasteiger charge is 2.30. The predicted molar refractivity (Wildman–Crippen MR) is 89.6 cm³/mol. The van der Waals surface area contributed by atoms with E-state index < -0.39 is 0 Å². The molecule has 0 aromatic carbocycles. The predicted octanol–water partition coefficient (Wildman–Crippen LogP) is 0.586. The van der Waals surface area contributed by atoms with Crippen molar-refractivity contribution in [2.24, 2.45) is 5.92 Å². The van der Waals surface area contributed by atoms with Crippen molar-refractivity contribution in [2.75, 3.05) is 26.3 Å². The van der Waals surface area contributed by atoms with Gasteiger partial charge in [-0.2, -0.15) is 0 Å². The smallest absolute Gasteiger partial charge is 0.251 e. The van der Waals surface area contributed by atoms with Crippen LogP contribution in [-0.4, -0.2) is 53.1 Å². The number of aromatic amines is 1. The van der Waals surface area contributed by atoms with Crippen molar-refractivity contribution in [1.82, 2.24) is 20.2 Å². The third kappa shape index (κ3) is 4.42. The number of rotatable bonds is 4. The van der Waals surface area contributed by atoms with Gasteiger partial charge < -0.3 is 15.0 Å². The zero-order chi connectivity index (χ0) is 16.9. The minimum absolute atomic E-state index is 0.0182. The summed E-state index contributed by atoms with van der Waals surface area (Å²) in [7, 11) is 0. The van der Waals surface area contributed by atoms with E-state index in [4.69, 9.17) is 4.74 Å². The van der Waals surface area contributed by atoms with Gasteiger partial charge in [-0.25, -0.2) is 4.98 Å². The number of hydrogen-bond donors (Lipinski definition) is 2. The molecule has 2 N–H and O–H groups in total. The number of carbonyl (C=O) groups is 1. The molecule has 2 aliphatic heterocycles. The van der Waals surface area contributed by atoms with Crippen LogP contribution in [0.25, 0.3) is 0 Å². The molecule has 3 heterocycles. The SMILES string of the molecule is Cc1nc(CNC(=O)[C@@H]2CCCN(C3CCOCC3)C2)cc(=O)[nH]1. The van der Waals surface area contributed by atoms with Gasteiger partial charge in [0.15, 0.2) is 0 Å². The molecule has 2 saturated heterocycles. The molecule has 0 bridgehead atoms. The summed E-state index contributed by atoms with van der Waals surface area (Å²) >= 11 is 0. The maximum Gasteiger partial charge on any atom is 0.251 e. The number of carbonyl (C=O) groups excluding carboxylic acids is 1. The highest BCUT2D eigenvalue weighted by molar-refractivity contribution is 5.78. The van der Waals surface area contributed by atoms with Gasteiger partial charge in [0.25, 0.3) is 5.56 Å². The molecule has 1 atom stereocenters. The van der Waals surface area contributed by atoms with Crippen LogP contribution in [0.4, 0.5) is 0 Å². The fourth-order valence-electron chi connectivity index (χ4n) is 3.66. The molecule has 2 fully saturated rings. The summed E-state index contributed by atoms with van der Waals surface area (Å²) in [5.74, 6) is 0.645. The van der Waals surface area contributed by atoms with Gasteiger partial charge in [-0.05, 0) is 39.2 Å². The third-order valence-corrected chi connectivity index (χ3v) is 4.89. The molecule has 0 spiro atoms. The monoisotopic (exact) mass is 334 g/mol. The van der Waals surface area contributed by atoms with Crippen LogP contribution in [0, 0.1) is 12.8 Å². The molecule has 24 heavy (non-hydrogen) atoms. The minimum Gasteiger partial charge on any atom is -0.381 e. The number of nitrogens with one attached hydrogen (secondary N) is 2.